The first kappa shape index (κ1) is 15.6. The Labute approximate surface area is 119 Å². The maximum absolute atomic E-state index is 9.97. The summed E-state index contributed by atoms with van der Waals surface area (Å²) in [6, 6.07) is 5.43. The summed E-state index contributed by atoms with van der Waals surface area (Å²) >= 11 is 12.1. The molecule has 1 nitrogen and oxygen atoms in total. The second kappa shape index (κ2) is 8.58. The molecule has 0 saturated heterocycles. The maximum Gasteiger partial charge on any atom is 0.0581 e. The molecule has 3 heteroatoms. The number of allylic oxidation sites excluding steroid dienone is 1. The largest absolute Gasteiger partial charge is 0.393 e. The minimum atomic E-state index is -0.369. The van der Waals surface area contributed by atoms with Crippen molar-refractivity contribution >= 4 is 23.2 Å². The monoisotopic (exact) mass is 286 g/mol. The van der Waals surface area contributed by atoms with Crippen molar-refractivity contribution in [2.75, 3.05) is 0 Å². The molecular formula is C15H20Cl2O. The molecule has 0 aliphatic heterocycles. The van der Waals surface area contributed by atoms with E-state index in [1.807, 2.05) is 12.1 Å². The van der Waals surface area contributed by atoms with E-state index in [1.165, 1.54) is 0 Å². The van der Waals surface area contributed by atoms with Crippen LogP contribution in [0.3, 0.4) is 0 Å². The van der Waals surface area contributed by atoms with E-state index in [1.54, 1.807) is 12.1 Å². The third-order valence-electron chi connectivity index (χ3n) is 2.95. The van der Waals surface area contributed by atoms with Gasteiger partial charge in [-0.25, -0.2) is 0 Å². The number of unbranched alkanes of at least 4 members (excludes halogenated alkanes) is 3. The summed E-state index contributed by atoms with van der Waals surface area (Å²) in [5.74, 6) is 0. The number of rotatable bonds is 8. The van der Waals surface area contributed by atoms with Crippen LogP contribution in [0.1, 0.15) is 37.7 Å². The minimum absolute atomic E-state index is 0.369. The molecule has 100 valence electrons. The van der Waals surface area contributed by atoms with Gasteiger partial charge in [0.2, 0.25) is 0 Å². The number of aliphatic hydroxyl groups excluding tert-OH is 1. The molecule has 1 aromatic carbocycles. The van der Waals surface area contributed by atoms with Gasteiger partial charge in [-0.05, 0) is 37.0 Å². The molecule has 18 heavy (non-hydrogen) atoms. The first-order valence-electron chi connectivity index (χ1n) is 6.37. The van der Waals surface area contributed by atoms with Gasteiger partial charge in [0, 0.05) is 16.5 Å². The van der Waals surface area contributed by atoms with Crippen molar-refractivity contribution < 1.29 is 5.11 Å². The summed E-state index contributed by atoms with van der Waals surface area (Å²) in [4.78, 5) is 0. The second-order valence-corrected chi connectivity index (χ2v) is 5.30. The fourth-order valence-corrected chi connectivity index (χ4v) is 2.46. The van der Waals surface area contributed by atoms with Crippen LogP contribution < -0.4 is 0 Å². The van der Waals surface area contributed by atoms with Gasteiger partial charge < -0.3 is 5.11 Å². The smallest absolute Gasteiger partial charge is 0.0581 e. The van der Waals surface area contributed by atoms with E-state index in [0.29, 0.717) is 16.5 Å². The van der Waals surface area contributed by atoms with Crippen LogP contribution in [-0.4, -0.2) is 11.2 Å². The van der Waals surface area contributed by atoms with Crippen LogP contribution in [0.2, 0.25) is 10.0 Å². The molecule has 0 saturated carbocycles. The Kier molecular flexibility index (Phi) is 7.41. The van der Waals surface area contributed by atoms with E-state index in [4.69, 9.17) is 23.2 Å². The van der Waals surface area contributed by atoms with Gasteiger partial charge >= 0.3 is 0 Å². The van der Waals surface area contributed by atoms with Crippen molar-refractivity contribution in [1.82, 2.24) is 0 Å². The molecule has 0 aliphatic rings. The van der Waals surface area contributed by atoms with Gasteiger partial charge in [-0.2, -0.15) is 0 Å². The normalized spacial score (nSPS) is 12.4. The molecular weight excluding hydrogens is 267 g/mol. The highest BCUT2D eigenvalue weighted by Gasteiger charge is 2.11. The van der Waals surface area contributed by atoms with Gasteiger partial charge in [-0.3, -0.25) is 0 Å². The van der Waals surface area contributed by atoms with Gasteiger partial charge in [-0.15, -0.1) is 6.58 Å². The molecule has 0 bridgehead atoms. The van der Waals surface area contributed by atoms with Crippen LogP contribution in [0.25, 0.3) is 0 Å². The molecule has 1 aromatic rings. The zero-order valence-electron chi connectivity index (χ0n) is 10.5. The predicted molar refractivity (Wildman–Crippen MR) is 79.5 cm³/mol. The molecule has 0 amide bonds. The summed E-state index contributed by atoms with van der Waals surface area (Å²) < 4.78 is 0. The quantitative estimate of drug-likeness (QED) is 0.525. The summed E-state index contributed by atoms with van der Waals surface area (Å²) in [6.45, 7) is 3.69. The third kappa shape index (κ3) is 5.43. The minimum Gasteiger partial charge on any atom is -0.393 e. The number of hydrogen-bond acceptors (Lipinski definition) is 1. The van der Waals surface area contributed by atoms with Gasteiger partial charge in [0.25, 0.3) is 0 Å². The number of hydrogen-bond donors (Lipinski definition) is 1. The summed E-state index contributed by atoms with van der Waals surface area (Å²) in [6.07, 6.45) is 7.22. The standard InChI is InChI=1S/C15H20Cl2O/c1-2-3-4-5-6-8-12(18)11-13-14(16)9-7-10-15(13)17/h2,7,9-10,12,18H,1,3-6,8,11H2. The number of halogens is 2. The molecule has 1 atom stereocenters. The Hall–Kier alpha value is -0.500. The second-order valence-electron chi connectivity index (χ2n) is 4.48. The van der Waals surface area contributed by atoms with E-state index < -0.39 is 0 Å². The zero-order valence-corrected chi connectivity index (χ0v) is 12.1. The Bertz CT molecular complexity index is 357. The van der Waals surface area contributed by atoms with Gasteiger partial charge in [0.15, 0.2) is 0 Å². The van der Waals surface area contributed by atoms with Crippen molar-refractivity contribution in [1.29, 1.82) is 0 Å². The fraction of sp³-hybridized carbons (Fsp3) is 0.467. The average Bonchev–Trinajstić information content (AvgIpc) is 2.34. The highest BCUT2D eigenvalue weighted by molar-refractivity contribution is 6.35. The molecule has 0 heterocycles. The first-order chi connectivity index (χ1) is 8.65. The van der Waals surface area contributed by atoms with Crippen molar-refractivity contribution in [3.63, 3.8) is 0 Å². The van der Waals surface area contributed by atoms with E-state index in [0.717, 1.165) is 37.7 Å². The third-order valence-corrected chi connectivity index (χ3v) is 3.66. The van der Waals surface area contributed by atoms with Crippen LogP contribution in [0, 0.1) is 0 Å². The first-order valence-corrected chi connectivity index (χ1v) is 7.12. The molecule has 0 aromatic heterocycles. The summed E-state index contributed by atoms with van der Waals surface area (Å²) in [5, 5.41) is 11.2. The fourth-order valence-electron chi connectivity index (χ4n) is 1.91. The highest BCUT2D eigenvalue weighted by Crippen LogP contribution is 2.26. The number of aliphatic hydroxyl groups is 1. The SMILES string of the molecule is C=CCCCCCC(O)Cc1c(Cl)cccc1Cl. The Balaban J connectivity index is 2.35. The van der Waals surface area contributed by atoms with Gasteiger partial charge in [0.1, 0.15) is 0 Å². The number of benzene rings is 1. The summed E-state index contributed by atoms with van der Waals surface area (Å²) in [7, 11) is 0. The Morgan fingerprint density at radius 1 is 1.17 bits per heavy atom. The lowest BCUT2D eigenvalue weighted by Crippen LogP contribution is -2.11. The molecule has 0 spiro atoms. The van der Waals surface area contributed by atoms with Crippen molar-refractivity contribution in [3.8, 4) is 0 Å². The average molecular weight is 287 g/mol. The van der Waals surface area contributed by atoms with Crippen LogP contribution >= 0.6 is 23.2 Å². The van der Waals surface area contributed by atoms with E-state index in [-0.39, 0.29) is 6.10 Å². The van der Waals surface area contributed by atoms with Crippen molar-refractivity contribution in [3.05, 3.63) is 46.5 Å². The van der Waals surface area contributed by atoms with Gasteiger partial charge in [0.05, 0.1) is 6.10 Å². The molecule has 0 radical (unpaired) electrons. The molecule has 1 N–H and O–H groups in total. The molecule has 1 unspecified atom stereocenters. The van der Waals surface area contributed by atoms with Gasteiger partial charge in [-0.1, -0.05) is 48.2 Å². The predicted octanol–water partition coefficient (Wildman–Crippen LogP) is 5.03. The van der Waals surface area contributed by atoms with Crippen molar-refractivity contribution in [2.24, 2.45) is 0 Å². The van der Waals surface area contributed by atoms with Crippen LogP contribution in [0.15, 0.2) is 30.9 Å². The van der Waals surface area contributed by atoms with Crippen LogP contribution in [0.4, 0.5) is 0 Å². The van der Waals surface area contributed by atoms with E-state index in [9.17, 15) is 5.11 Å². The molecule has 0 fully saturated rings. The lowest BCUT2D eigenvalue weighted by atomic mass is 10.0. The Morgan fingerprint density at radius 2 is 1.83 bits per heavy atom. The molecule has 0 aliphatic carbocycles. The topological polar surface area (TPSA) is 20.2 Å². The lowest BCUT2D eigenvalue weighted by Gasteiger charge is -2.12. The van der Waals surface area contributed by atoms with Crippen LogP contribution in [-0.2, 0) is 6.42 Å². The molecule has 1 rings (SSSR count). The van der Waals surface area contributed by atoms with Crippen molar-refractivity contribution in [2.45, 2.75) is 44.6 Å². The summed E-state index contributed by atoms with van der Waals surface area (Å²) in [5.41, 5.74) is 0.847. The van der Waals surface area contributed by atoms with E-state index in [2.05, 4.69) is 6.58 Å². The maximum atomic E-state index is 9.97. The zero-order chi connectivity index (χ0) is 13.4. The van der Waals surface area contributed by atoms with Crippen LogP contribution in [0.5, 0.6) is 0 Å². The van der Waals surface area contributed by atoms with E-state index >= 15 is 0 Å². The Morgan fingerprint density at radius 3 is 2.44 bits per heavy atom. The lowest BCUT2D eigenvalue weighted by molar-refractivity contribution is 0.161. The highest BCUT2D eigenvalue weighted by atomic mass is 35.5.